The molecule has 0 saturated carbocycles. The van der Waals surface area contributed by atoms with Crippen LogP contribution in [-0.2, 0) is 4.74 Å². The summed E-state index contributed by atoms with van der Waals surface area (Å²) in [4.78, 5) is 0. The van der Waals surface area contributed by atoms with E-state index < -0.39 is 0 Å². The monoisotopic (exact) mass is 182 g/mol. The standard InChI is InChI=1S/C8H10O.2C2H6/c1-2-4-8-7(3-1)5-6-9-8;2*1-2/h2,4H,1,3,5-6H2;2*1-2H3. The topological polar surface area (TPSA) is 9.23 Å². The number of hydrogen-bond acceptors (Lipinski definition) is 1. The van der Waals surface area contributed by atoms with Crippen molar-refractivity contribution in [3.8, 4) is 0 Å². The summed E-state index contributed by atoms with van der Waals surface area (Å²) in [6.45, 7) is 8.91. The molecule has 0 atom stereocenters. The van der Waals surface area contributed by atoms with Crippen LogP contribution in [0.25, 0.3) is 0 Å². The van der Waals surface area contributed by atoms with E-state index in [1.54, 1.807) is 0 Å². The van der Waals surface area contributed by atoms with Gasteiger partial charge >= 0.3 is 0 Å². The molecule has 1 aliphatic heterocycles. The molecule has 0 N–H and O–H groups in total. The Morgan fingerprint density at radius 3 is 2.38 bits per heavy atom. The Bertz CT molecular complexity index is 178. The molecule has 0 unspecified atom stereocenters. The highest BCUT2D eigenvalue weighted by Gasteiger charge is 2.14. The first-order chi connectivity index (χ1) is 6.47. The number of allylic oxidation sites excluding steroid dienone is 2. The second-order valence-electron chi connectivity index (χ2n) is 2.51. The fourth-order valence-electron chi connectivity index (χ4n) is 1.37. The molecule has 0 bridgehead atoms. The van der Waals surface area contributed by atoms with Gasteiger partial charge in [0.2, 0.25) is 0 Å². The molecule has 0 radical (unpaired) electrons. The highest BCUT2D eigenvalue weighted by molar-refractivity contribution is 5.27. The molecular weight excluding hydrogens is 160 g/mol. The first kappa shape index (κ1) is 12.3. The Labute approximate surface area is 82.5 Å². The summed E-state index contributed by atoms with van der Waals surface area (Å²) in [5.74, 6) is 1.15. The SMILES string of the molecule is C1=CC2=C(CC1)CCO2.CC.CC. The van der Waals surface area contributed by atoms with Crippen LogP contribution in [0.4, 0.5) is 0 Å². The zero-order valence-corrected chi connectivity index (χ0v) is 9.39. The van der Waals surface area contributed by atoms with Gasteiger partial charge in [-0.2, -0.15) is 0 Å². The summed E-state index contributed by atoms with van der Waals surface area (Å²) in [6, 6.07) is 0. The lowest BCUT2D eigenvalue weighted by molar-refractivity contribution is 0.257. The van der Waals surface area contributed by atoms with Crippen molar-refractivity contribution in [2.45, 2.75) is 47.0 Å². The predicted molar refractivity (Wildman–Crippen MR) is 58.7 cm³/mol. The number of hydrogen-bond donors (Lipinski definition) is 0. The minimum atomic E-state index is 0.912. The molecule has 1 nitrogen and oxygen atoms in total. The van der Waals surface area contributed by atoms with Crippen LogP contribution in [0.1, 0.15) is 47.0 Å². The van der Waals surface area contributed by atoms with Crippen LogP contribution in [-0.4, -0.2) is 6.61 Å². The summed E-state index contributed by atoms with van der Waals surface area (Å²) in [6.07, 6.45) is 7.89. The van der Waals surface area contributed by atoms with Gasteiger partial charge in [-0.15, -0.1) is 0 Å². The average molecular weight is 182 g/mol. The van der Waals surface area contributed by atoms with Crippen LogP contribution in [0.15, 0.2) is 23.5 Å². The van der Waals surface area contributed by atoms with Crippen LogP contribution < -0.4 is 0 Å². The normalized spacial score (nSPS) is 17.5. The van der Waals surface area contributed by atoms with Crippen molar-refractivity contribution in [1.29, 1.82) is 0 Å². The van der Waals surface area contributed by atoms with Crippen molar-refractivity contribution in [2.75, 3.05) is 6.61 Å². The van der Waals surface area contributed by atoms with Gasteiger partial charge in [0.25, 0.3) is 0 Å². The van der Waals surface area contributed by atoms with Gasteiger partial charge in [-0.3, -0.25) is 0 Å². The van der Waals surface area contributed by atoms with Crippen molar-refractivity contribution in [3.05, 3.63) is 23.5 Å². The van der Waals surface area contributed by atoms with Crippen LogP contribution >= 0.6 is 0 Å². The maximum atomic E-state index is 5.35. The lowest BCUT2D eigenvalue weighted by Crippen LogP contribution is -1.87. The Morgan fingerprint density at radius 2 is 1.77 bits per heavy atom. The third kappa shape index (κ3) is 3.67. The molecule has 2 aliphatic rings. The van der Waals surface area contributed by atoms with Crippen LogP contribution in [0.2, 0.25) is 0 Å². The molecule has 2 rings (SSSR count). The smallest absolute Gasteiger partial charge is 0.118 e. The van der Waals surface area contributed by atoms with Crippen molar-refractivity contribution < 1.29 is 4.74 Å². The van der Waals surface area contributed by atoms with Crippen molar-refractivity contribution in [1.82, 2.24) is 0 Å². The molecule has 0 aromatic rings. The van der Waals surface area contributed by atoms with E-state index >= 15 is 0 Å². The van der Waals surface area contributed by atoms with E-state index in [1.165, 1.54) is 24.8 Å². The third-order valence-electron chi connectivity index (χ3n) is 1.89. The Kier molecular flexibility index (Phi) is 7.47. The lowest BCUT2D eigenvalue weighted by atomic mass is 10.0. The van der Waals surface area contributed by atoms with E-state index in [4.69, 9.17) is 4.74 Å². The molecule has 1 heterocycles. The van der Waals surface area contributed by atoms with Gasteiger partial charge in [-0.25, -0.2) is 0 Å². The molecule has 1 heteroatoms. The third-order valence-corrected chi connectivity index (χ3v) is 1.89. The Morgan fingerprint density at radius 1 is 1.08 bits per heavy atom. The van der Waals surface area contributed by atoms with Gasteiger partial charge in [0.15, 0.2) is 0 Å². The van der Waals surface area contributed by atoms with Gasteiger partial charge in [-0.1, -0.05) is 33.8 Å². The van der Waals surface area contributed by atoms with Crippen molar-refractivity contribution >= 4 is 0 Å². The van der Waals surface area contributed by atoms with Crippen molar-refractivity contribution in [2.24, 2.45) is 0 Å². The number of rotatable bonds is 0. The molecule has 0 saturated heterocycles. The zero-order chi connectivity index (χ0) is 10.1. The summed E-state index contributed by atoms with van der Waals surface area (Å²) in [5.41, 5.74) is 1.53. The highest BCUT2D eigenvalue weighted by Crippen LogP contribution is 2.27. The Hall–Kier alpha value is -0.720. The maximum Gasteiger partial charge on any atom is 0.118 e. The van der Waals surface area contributed by atoms with E-state index in [0.717, 1.165) is 12.4 Å². The van der Waals surface area contributed by atoms with Gasteiger partial charge in [0.1, 0.15) is 5.76 Å². The van der Waals surface area contributed by atoms with E-state index in [-0.39, 0.29) is 0 Å². The van der Waals surface area contributed by atoms with Gasteiger partial charge in [-0.05, 0) is 24.5 Å². The molecule has 0 spiro atoms. The summed E-state index contributed by atoms with van der Waals surface area (Å²) in [5, 5.41) is 0. The number of ether oxygens (including phenoxy) is 1. The molecule has 0 amide bonds. The predicted octanol–water partition coefficient (Wildman–Crippen LogP) is 4.06. The molecule has 0 aromatic heterocycles. The summed E-state index contributed by atoms with van der Waals surface area (Å²) >= 11 is 0. The minimum Gasteiger partial charge on any atom is -0.493 e. The van der Waals surface area contributed by atoms with Gasteiger partial charge in [0, 0.05) is 6.42 Å². The zero-order valence-electron chi connectivity index (χ0n) is 9.39. The summed E-state index contributed by atoms with van der Waals surface area (Å²) < 4.78 is 5.35. The van der Waals surface area contributed by atoms with Gasteiger partial charge < -0.3 is 4.74 Å². The maximum absolute atomic E-state index is 5.35. The van der Waals surface area contributed by atoms with Crippen LogP contribution in [0, 0.1) is 0 Å². The molecule has 76 valence electrons. The quantitative estimate of drug-likeness (QED) is 0.549. The van der Waals surface area contributed by atoms with Crippen LogP contribution in [0.3, 0.4) is 0 Å². The molecule has 0 aromatic carbocycles. The molecule has 13 heavy (non-hydrogen) atoms. The largest absolute Gasteiger partial charge is 0.493 e. The molecule has 0 fully saturated rings. The second-order valence-corrected chi connectivity index (χ2v) is 2.51. The van der Waals surface area contributed by atoms with E-state index in [2.05, 4.69) is 12.2 Å². The van der Waals surface area contributed by atoms with E-state index in [1.807, 2.05) is 27.7 Å². The highest BCUT2D eigenvalue weighted by atomic mass is 16.5. The Balaban J connectivity index is 0.000000322. The van der Waals surface area contributed by atoms with E-state index in [9.17, 15) is 0 Å². The minimum absolute atomic E-state index is 0.912. The van der Waals surface area contributed by atoms with Crippen LogP contribution in [0.5, 0.6) is 0 Å². The summed E-state index contributed by atoms with van der Waals surface area (Å²) in [7, 11) is 0. The first-order valence-corrected chi connectivity index (χ1v) is 5.48. The first-order valence-electron chi connectivity index (χ1n) is 5.48. The van der Waals surface area contributed by atoms with Gasteiger partial charge in [0.05, 0.1) is 6.61 Å². The molecule has 1 aliphatic carbocycles. The fourth-order valence-corrected chi connectivity index (χ4v) is 1.37. The van der Waals surface area contributed by atoms with E-state index in [0.29, 0.717) is 0 Å². The fraction of sp³-hybridized carbons (Fsp3) is 0.667. The molecular formula is C12H22O. The lowest BCUT2D eigenvalue weighted by Gasteiger charge is -2.04. The van der Waals surface area contributed by atoms with Crippen molar-refractivity contribution in [3.63, 3.8) is 0 Å². The second kappa shape index (κ2) is 7.90. The average Bonchev–Trinajstić information content (AvgIpc) is 2.71.